The molecule has 1 heterocycles. The maximum absolute atomic E-state index is 12.7. The maximum Gasteiger partial charge on any atom is 0.251 e. The fourth-order valence-corrected chi connectivity index (χ4v) is 3.66. The highest BCUT2D eigenvalue weighted by atomic mass is 16.5. The van der Waals surface area contributed by atoms with Crippen molar-refractivity contribution in [1.82, 2.24) is 15.5 Å². The van der Waals surface area contributed by atoms with Gasteiger partial charge >= 0.3 is 0 Å². The minimum absolute atomic E-state index is 0.0746. The van der Waals surface area contributed by atoms with Crippen LogP contribution in [0.4, 0.5) is 0 Å². The van der Waals surface area contributed by atoms with E-state index in [0.29, 0.717) is 29.3 Å². The van der Waals surface area contributed by atoms with Crippen molar-refractivity contribution in [3.63, 3.8) is 0 Å². The van der Waals surface area contributed by atoms with E-state index in [0.717, 1.165) is 24.0 Å². The molecule has 1 unspecified atom stereocenters. The van der Waals surface area contributed by atoms with Crippen LogP contribution in [0.15, 0.2) is 47.0 Å². The fraction of sp³-hybridized carbons (Fsp3) is 0.318. The molecule has 0 radical (unpaired) electrons. The Morgan fingerprint density at radius 3 is 2.93 bits per heavy atom. The quantitative estimate of drug-likeness (QED) is 0.594. The van der Waals surface area contributed by atoms with Gasteiger partial charge in [-0.15, -0.1) is 0 Å². The number of hydrogen-bond acceptors (Lipinski definition) is 6. The standard InChI is InChI=1S/C22H23N3O4/c1-2-20-24-21(25-29-20)15-6-8-17-13(10-15)7-9-18(17)23-22(28)16-5-3-4-14(11-16)19(27)12-26/h3-6,8,10-11,18-19,26-27H,2,7,9,12H2,1H3,(H,23,28)/t18-,19?/m1/s1. The Balaban J connectivity index is 1.50. The van der Waals surface area contributed by atoms with Crippen LogP contribution in [-0.4, -0.2) is 32.9 Å². The van der Waals surface area contributed by atoms with E-state index in [4.69, 9.17) is 9.63 Å². The number of rotatable bonds is 6. The predicted molar refractivity (Wildman–Crippen MR) is 106 cm³/mol. The number of carbonyl (C=O) groups excluding carboxylic acids is 1. The summed E-state index contributed by atoms with van der Waals surface area (Å²) >= 11 is 0. The van der Waals surface area contributed by atoms with Crippen LogP contribution in [0.1, 0.15) is 58.4 Å². The molecule has 1 amide bonds. The molecule has 0 saturated heterocycles. The van der Waals surface area contributed by atoms with Gasteiger partial charge in [-0.1, -0.05) is 36.3 Å². The first-order chi connectivity index (χ1) is 14.1. The molecular weight excluding hydrogens is 370 g/mol. The van der Waals surface area contributed by atoms with Gasteiger partial charge in [-0.05, 0) is 47.7 Å². The minimum atomic E-state index is -0.994. The van der Waals surface area contributed by atoms with Gasteiger partial charge in [0.05, 0.1) is 12.6 Å². The van der Waals surface area contributed by atoms with Gasteiger partial charge in [0.2, 0.25) is 11.7 Å². The van der Waals surface area contributed by atoms with Gasteiger partial charge in [-0.25, -0.2) is 0 Å². The van der Waals surface area contributed by atoms with Crippen molar-refractivity contribution in [1.29, 1.82) is 0 Å². The molecule has 3 aromatic rings. The molecule has 0 spiro atoms. The molecular formula is C22H23N3O4. The van der Waals surface area contributed by atoms with Crippen molar-refractivity contribution >= 4 is 5.91 Å². The topological polar surface area (TPSA) is 108 Å². The highest BCUT2D eigenvalue weighted by Gasteiger charge is 2.25. The molecule has 7 heteroatoms. The lowest BCUT2D eigenvalue weighted by Crippen LogP contribution is -2.27. The Kier molecular flexibility index (Phi) is 5.42. The van der Waals surface area contributed by atoms with E-state index in [-0.39, 0.29) is 18.6 Å². The van der Waals surface area contributed by atoms with E-state index in [2.05, 4.69) is 21.5 Å². The van der Waals surface area contributed by atoms with Crippen molar-refractivity contribution in [2.45, 2.75) is 38.3 Å². The van der Waals surface area contributed by atoms with Gasteiger partial charge in [0.1, 0.15) is 6.10 Å². The van der Waals surface area contributed by atoms with Gasteiger partial charge in [0.25, 0.3) is 5.91 Å². The maximum atomic E-state index is 12.7. The largest absolute Gasteiger partial charge is 0.393 e. The first-order valence-electron chi connectivity index (χ1n) is 9.74. The smallest absolute Gasteiger partial charge is 0.251 e. The lowest BCUT2D eigenvalue weighted by Gasteiger charge is -2.15. The van der Waals surface area contributed by atoms with Crippen LogP contribution in [0.2, 0.25) is 0 Å². The molecule has 0 saturated carbocycles. The van der Waals surface area contributed by atoms with E-state index < -0.39 is 6.10 Å². The minimum Gasteiger partial charge on any atom is -0.393 e. The zero-order valence-electron chi connectivity index (χ0n) is 16.1. The Labute approximate surface area is 168 Å². The third-order valence-electron chi connectivity index (χ3n) is 5.26. The zero-order chi connectivity index (χ0) is 20.4. The molecule has 0 bridgehead atoms. The number of aromatic nitrogens is 2. The Bertz CT molecular complexity index is 1030. The molecule has 1 aromatic heterocycles. The van der Waals surface area contributed by atoms with Gasteiger partial charge in [0.15, 0.2) is 0 Å². The number of hydrogen-bond donors (Lipinski definition) is 3. The summed E-state index contributed by atoms with van der Waals surface area (Å²) in [6, 6.07) is 12.6. The van der Waals surface area contributed by atoms with Gasteiger partial charge < -0.3 is 20.1 Å². The lowest BCUT2D eigenvalue weighted by atomic mass is 10.0. The van der Waals surface area contributed by atoms with Crippen LogP contribution in [0.5, 0.6) is 0 Å². The van der Waals surface area contributed by atoms with Crippen molar-refractivity contribution < 1.29 is 19.5 Å². The molecule has 4 rings (SSSR count). The number of aliphatic hydroxyl groups is 2. The second kappa shape index (κ2) is 8.14. The van der Waals surface area contributed by atoms with Crippen LogP contribution in [0.3, 0.4) is 0 Å². The van der Waals surface area contributed by atoms with Gasteiger partial charge in [0, 0.05) is 17.5 Å². The Morgan fingerprint density at radius 1 is 1.31 bits per heavy atom. The summed E-state index contributed by atoms with van der Waals surface area (Å²) in [4.78, 5) is 17.1. The summed E-state index contributed by atoms with van der Waals surface area (Å²) in [7, 11) is 0. The molecule has 0 aliphatic heterocycles. The number of amides is 1. The number of benzene rings is 2. The molecule has 1 aliphatic rings. The highest BCUT2D eigenvalue weighted by Crippen LogP contribution is 2.34. The highest BCUT2D eigenvalue weighted by molar-refractivity contribution is 5.94. The number of fused-ring (bicyclic) bond motifs is 1. The van der Waals surface area contributed by atoms with Gasteiger partial charge in [-0.2, -0.15) is 4.98 Å². The van der Waals surface area contributed by atoms with E-state index in [1.54, 1.807) is 24.3 Å². The summed E-state index contributed by atoms with van der Waals surface area (Å²) in [5.74, 6) is 0.986. The van der Waals surface area contributed by atoms with Crippen molar-refractivity contribution in [2.24, 2.45) is 0 Å². The normalized spacial score (nSPS) is 16.4. The second-order valence-electron chi connectivity index (χ2n) is 7.17. The number of carbonyl (C=O) groups is 1. The first-order valence-corrected chi connectivity index (χ1v) is 9.74. The van der Waals surface area contributed by atoms with E-state index >= 15 is 0 Å². The zero-order valence-corrected chi connectivity index (χ0v) is 16.1. The molecule has 150 valence electrons. The molecule has 3 N–H and O–H groups in total. The van der Waals surface area contributed by atoms with Crippen molar-refractivity contribution in [2.75, 3.05) is 6.61 Å². The fourth-order valence-electron chi connectivity index (χ4n) is 3.66. The molecule has 2 atom stereocenters. The van der Waals surface area contributed by atoms with Crippen LogP contribution in [-0.2, 0) is 12.8 Å². The third-order valence-corrected chi connectivity index (χ3v) is 5.26. The van der Waals surface area contributed by atoms with E-state index in [1.807, 2.05) is 19.1 Å². The van der Waals surface area contributed by atoms with E-state index in [9.17, 15) is 9.90 Å². The molecule has 0 fully saturated rings. The van der Waals surface area contributed by atoms with Crippen LogP contribution >= 0.6 is 0 Å². The summed E-state index contributed by atoms with van der Waals surface area (Å²) < 4.78 is 5.19. The lowest BCUT2D eigenvalue weighted by molar-refractivity contribution is 0.0925. The SMILES string of the molecule is CCc1nc(-c2ccc3c(c2)CC[C@H]3NC(=O)c2cccc(C(O)CO)c2)no1. The monoisotopic (exact) mass is 393 g/mol. The third kappa shape index (κ3) is 3.92. The number of nitrogens with zero attached hydrogens (tertiary/aromatic N) is 2. The van der Waals surface area contributed by atoms with E-state index in [1.165, 1.54) is 5.56 Å². The summed E-state index contributed by atoms with van der Waals surface area (Å²) in [6.45, 7) is 1.58. The number of nitrogens with one attached hydrogen (secondary N) is 1. The van der Waals surface area contributed by atoms with Crippen molar-refractivity contribution in [3.05, 3.63) is 70.6 Å². The number of aliphatic hydroxyl groups excluding tert-OH is 2. The molecule has 7 nitrogen and oxygen atoms in total. The average molecular weight is 393 g/mol. The van der Waals surface area contributed by atoms with Crippen LogP contribution in [0.25, 0.3) is 11.4 Å². The van der Waals surface area contributed by atoms with Crippen LogP contribution in [0, 0.1) is 0 Å². The molecule has 2 aromatic carbocycles. The number of aryl methyl sites for hydroxylation is 2. The Hall–Kier alpha value is -3.03. The predicted octanol–water partition coefficient (Wildman–Crippen LogP) is 2.74. The van der Waals surface area contributed by atoms with Gasteiger partial charge in [-0.3, -0.25) is 4.79 Å². The summed E-state index contributed by atoms with van der Waals surface area (Å²) in [5, 5.41) is 26.0. The average Bonchev–Trinajstić information content (AvgIpc) is 3.40. The summed E-state index contributed by atoms with van der Waals surface area (Å²) in [6.07, 6.45) is 1.38. The first kappa shape index (κ1) is 19.3. The molecule has 29 heavy (non-hydrogen) atoms. The second-order valence-corrected chi connectivity index (χ2v) is 7.17. The van der Waals surface area contributed by atoms with Crippen molar-refractivity contribution in [3.8, 4) is 11.4 Å². The molecule has 1 aliphatic carbocycles. The van der Waals surface area contributed by atoms with Crippen LogP contribution < -0.4 is 5.32 Å². The Morgan fingerprint density at radius 2 is 2.17 bits per heavy atom. The summed E-state index contributed by atoms with van der Waals surface area (Å²) in [5.41, 5.74) is 4.14.